The zero-order valence-electron chi connectivity index (χ0n) is 10.6. The van der Waals surface area contributed by atoms with Crippen LogP contribution in [-0.4, -0.2) is 46.6 Å². The van der Waals surface area contributed by atoms with Crippen LogP contribution in [0, 0.1) is 0 Å². The number of nitrogens with zero attached hydrogens (tertiary/aromatic N) is 2. The lowest BCUT2D eigenvalue weighted by Gasteiger charge is -2.35. The molecule has 2 fully saturated rings. The monoisotopic (exact) mass is 264 g/mol. The first-order valence-electron chi connectivity index (χ1n) is 6.80. The fourth-order valence-corrected chi connectivity index (χ4v) is 4.03. The SMILES string of the molecule is c1cc(OC2CCN([C@@H]3CCSC3)CC2)ccn1. The number of hydrogen-bond acceptors (Lipinski definition) is 4. The predicted molar refractivity (Wildman–Crippen MR) is 75.2 cm³/mol. The van der Waals surface area contributed by atoms with Gasteiger partial charge in [-0.3, -0.25) is 9.88 Å². The van der Waals surface area contributed by atoms with E-state index in [0.29, 0.717) is 6.10 Å². The second-order valence-electron chi connectivity index (χ2n) is 5.05. The molecule has 0 aromatic carbocycles. The van der Waals surface area contributed by atoms with E-state index in [-0.39, 0.29) is 0 Å². The lowest BCUT2D eigenvalue weighted by molar-refractivity contribution is 0.0816. The van der Waals surface area contributed by atoms with Gasteiger partial charge in [0, 0.05) is 37.3 Å². The standard InChI is InChI=1S/C14H20N2OS/c1-6-15-7-2-13(1)17-14-3-8-16(9-4-14)12-5-10-18-11-12/h1-2,6-7,12,14H,3-5,8-11H2/t12-/m1/s1. The molecule has 18 heavy (non-hydrogen) atoms. The van der Waals surface area contributed by atoms with Gasteiger partial charge >= 0.3 is 0 Å². The van der Waals surface area contributed by atoms with E-state index >= 15 is 0 Å². The van der Waals surface area contributed by atoms with Gasteiger partial charge in [0.15, 0.2) is 0 Å². The Morgan fingerprint density at radius 3 is 2.61 bits per heavy atom. The number of hydrogen-bond donors (Lipinski definition) is 0. The Morgan fingerprint density at radius 2 is 1.94 bits per heavy atom. The molecule has 3 nitrogen and oxygen atoms in total. The van der Waals surface area contributed by atoms with Gasteiger partial charge in [-0.05, 0) is 37.1 Å². The summed E-state index contributed by atoms with van der Waals surface area (Å²) < 4.78 is 5.99. The molecule has 0 spiro atoms. The van der Waals surface area contributed by atoms with Crippen molar-refractivity contribution in [3.63, 3.8) is 0 Å². The molecule has 1 atom stereocenters. The van der Waals surface area contributed by atoms with E-state index in [0.717, 1.165) is 24.6 Å². The molecular formula is C14H20N2OS. The van der Waals surface area contributed by atoms with Crippen LogP contribution in [0.15, 0.2) is 24.5 Å². The van der Waals surface area contributed by atoms with Gasteiger partial charge in [-0.15, -0.1) is 0 Å². The van der Waals surface area contributed by atoms with Gasteiger partial charge in [0.25, 0.3) is 0 Å². The van der Waals surface area contributed by atoms with Crippen molar-refractivity contribution in [2.24, 2.45) is 0 Å². The molecule has 3 rings (SSSR count). The molecule has 4 heteroatoms. The van der Waals surface area contributed by atoms with E-state index in [2.05, 4.69) is 21.6 Å². The molecule has 0 aliphatic carbocycles. The summed E-state index contributed by atoms with van der Waals surface area (Å²) in [7, 11) is 0. The average molecular weight is 264 g/mol. The smallest absolute Gasteiger partial charge is 0.122 e. The second kappa shape index (κ2) is 5.93. The second-order valence-corrected chi connectivity index (χ2v) is 6.20. The molecular weight excluding hydrogens is 244 g/mol. The van der Waals surface area contributed by atoms with Crippen LogP contribution in [-0.2, 0) is 0 Å². The minimum atomic E-state index is 0.387. The van der Waals surface area contributed by atoms with Crippen molar-refractivity contribution in [2.45, 2.75) is 31.4 Å². The minimum Gasteiger partial charge on any atom is -0.490 e. The largest absolute Gasteiger partial charge is 0.490 e. The van der Waals surface area contributed by atoms with Crippen LogP contribution in [0.1, 0.15) is 19.3 Å². The number of thioether (sulfide) groups is 1. The van der Waals surface area contributed by atoms with Crippen molar-refractivity contribution in [3.8, 4) is 5.75 Å². The number of aromatic nitrogens is 1. The zero-order chi connectivity index (χ0) is 12.2. The van der Waals surface area contributed by atoms with Crippen LogP contribution < -0.4 is 4.74 Å². The molecule has 1 aromatic rings. The number of pyridine rings is 1. The molecule has 98 valence electrons. The molecule has 2 saturated heterocycles. The van der Waals surface area contributed by atoms with E-state index in [1.807, 2.05) is 12.1 Å². The Kier molecular flexibility index (Phi) is 4.06. The molecule has 0 N–H and O–H groups in total. The number of ether oxygens (including phenoxy) is 1. The van der Waals surface area contributed by atoms with Gasteiger partial charge in [-0.2, -0.15) is 11.8 Å². The van der Waals surface area contributed by atoms with Crippen LogP contribution >= 0.6 is 11.8 Å². The van der Waals surface area contributed by atoms with E-state index in [4.69, 9.17) is 4.74 Å². The predicted octanol–water partition coefficient (Wildman–Crippen LogP) is 2.43. The van der Waals surface area contributed by atoms with Gasteiger partial charge in [0.1, 0.15) is 11.9 Å². The van der Waals surface area contributed by atoms with E-state index in [1.165, 1.54) is 31.0 Å². The Bertz CT molecular complexity index is 359. The highest BCUT2D eigenvalue weighted by Gasteiger charge is 2.27. The summed E-state index contributed by atoms with van der Waals surface area (Å²) in [6.45, 7) is 2.39. The van der Waals surface area contributed by atoms with Crippen LogP contribution in [0.5, 0.6) is 5.75 Å². The number of piperidine rings is 1. The van der Waals surface area contributed by atoms with Crippen molar-refractivity contribution in [1.29, 1.82) is 0 Å². The lowest BCUT2D eigenvalue weighted by atomic mass is 10.0. The number of rotatable bonds is 3. The quantitative estimate of drug-likeness (QED) is 0.837. The highest BCUT2D eigenvalue weighted by molar-refractivity contribution is 7.99. The summed E-state index contributed by atoms with van der Waals surface area (Å²) in [6, 6.07) is 4.72. The Balaban J connectivity index is 1.48. The zero-order valence-corrected chi connectivity index (χ0v) is 11.4. The summed E-state index contributed by atoms with van der Waals surface area (Å²) >= 11 is 2.10. The molecule has 3 heterocycles. The summed E-state index contributed by atoms with van der Waals surface area (Å²) in [4.78, 5) is 6.67. The molecule has 0 amide bonds. The normalized spacial score (nSPS) is 26.3. The van der Waals surface area contributed by atoms with Gasteiger partial charge in [0.05, 0.1) is 0 Å². The third-order valence-electron chi connectivity index (χ3n) is 3.85. The molecule has 2 aliphatic heterocycles. The topological polar surface area (TPSA) is 25.4 Å². The van der Waals surface area contributed by atoms with Crippen molar-refractivity contribution in [1.82, 2.24) is 9.88 Å². The maximum absolute atomic E-state index is 5.99. The van der Waals surface area contributed by atoms with Gasteiger partial charge in [-0.1, -0.05) is 0 Å². The fourth-order valence-electron chi connectivity index (χ4n) is 2.78. The molecule has 0 unspecified atom stereocenters. The fraction of sp³-hybridized carbons (Fsp3) is 0.643. The molecule has 0 bridgehead atoms. The van der Waals surface area contributed by atoms with E-state index in [9.17, 15) is 0 Å². The maximum Gasteiger partial charge on any atom is 0.122 e. The van der Waals surface area contributed by atoms with Crippen LogP contribution in [0.2, 0.25) is 0 Å². The van der Waals surface area contributed by atoms with Crippen molar-refractivity contribution < 1.29 is 4.74 Å². The first kappa shape index (κ1) is 12.3. The van der Waals surface area contributed by atoms with Crippen LogP contribution in [0.4, 0.5) is 0 Å². The Hall–Kier alpha value is -0.740. The van der Waals surface area contributed by atoms with Gasteiger partial charge < -0.3 is 4.74 Å². The molecule has 1 aromatic heterocycles. The van der Waals surface area contributed by atoms with Crippen molar-refractivity contribution in [2.75, 3.05) is 24.6 Å². The third-order valence-corrected chi connectivity index (χ3v) is 5.00. The minimum absolute atomic E-state index is 0.387. The van der Waals surface area contributed by atoms with Gasteiger partial charge in [0.2, 0.25) is 0 Å². The third kappa shape index (κ3) is 2.98. The van der Waals surface area contributed by atoms with Crippen molar-refractivity contribution in [3.05, 3.63) is 24.5 Å². The summed E-state index contributed by atoms with van der Waals surface area (Å²) in [5, 5.41) is 0. The van der Waals surface area contributed by atoms with E-state index in [1.54, 1.807) is 12.4 Å². The van der Waals surface area contributed by atoms with Crippen LogP contribution in [0.3, 0.4) is 0 Å². The Labute approximate surface area is 113 Å². The van der Waals surface area contributed by atoms with E-state index < -0.39 is 0 Å². The molecule has 0 radical (unpaired) electrons. The molecule has 2 aliphatic rings. The molecule has 0 saturated carbocycles. The number of likely N-dealkylation sites (tertiary alicyclic amines) is 1. The van der Waals surface area contributed by atoms with Crippen LogP contribution in [0.25, 0.3) is 0 Å². The first-order valence-corrected chi connectivity index (χ1v) is 7.96. The van der Waals surface area contributed by atoms with Crippen molar-refractivity contribution >= 4 is 11.8 Å². The maximum atomic E-state index is 5.99. The summed E-state index contributed by atoms with van der Waals surface area (Å²) in [6.07, 6.45) is 7.66. The van der Waals surface area contributed by atoms with Gasteiger partial charge in [-0.25, -0.2) is 0 Å². The highest BCUT2D eigenvalue weighted by Crippen LogP contribution is 2.26. The highest BCUT2D eigenvalue weighted by atomic mass is 32.2. The lowest BCUT2D eigenvalue weighted by Crippen LogP contribution is -2.44. The average Bonchev–Trinajstić information content (AvgIpc) is 2.95. The summed E-state index contributed by atoms with van der Waals surface area (Å²) in [5.41, 5.74) is 0. The first-order chi connectivity index (χ1) is 8.92. The Morgan fingerprint density at radius 1 is 1.17 bits per heavy atom. The summed E-state index contributed by atoms with van der Waals surface area (Å²) in [5.74, 6) is 3.63.